The highest BCUT2D eigenvalue weighted by atomic mass is 16.5. The van der Waals surface area contributed by atoms with Crippen molar-refractivity contribution in [3.05, 3.63) is 64.2 Å². The van der Waals surface area contributed by atoms with Crippen LogP contribution in [0.25, 0.3) is 33.1 Å². The number of ether oxygens (including phenoxy) is 1. The summed E-state index contributed by atoms with van der Waals surface area (Å²) in [6.45, 7) is 3.22. The number of methoxy groups -OCH3 is 1. The Bertz CT molecular complexity index is 1500. The number of nitrogens with zero attached hydrogens (tertiary/aromatic N) is 1. The second kappa shape index (κ2) is 9.29. The fourth-order valence-corrected chi connectivity index (χ4v) is 4.61. The standard InChI is InChI=1S/C27H26N2O6/c1-16-12-22-25(27(32)34-16)21(15-23(30)28-9-11-29-10-3-4-24(29)31)26(35-22)19-6-5-18-14-20(33-2)8-7-17(18)13-19/h5-8,12-14H,3-4,9-11,15H2,1-2H3,(H,28,30). The van der Waals surface area contributed by atoms with Crippen LogP contribution in [0.1, 0.15) is 24.2 Å². The summed E-state index contributed by atoms with van der Waals surface area (Å²) in [5, 5.41) is 5.10. The Hall–Kier alpha value is -4.07. The topological polar surface area (TPSA) is 102 Å². The van der Waals surface area contributed by atoms with Crippen molar-refractivity contribution in [3.8, 4) is 17.1 Å². The average molecular weight is 475 g/mol. The van der Waals surface area contributed by atoms with Gasteiger partial charge >= 0.3 is 5.63 Å². The van der Waals surface area contributed by atoms with Crippen molar-refractivity contribution in [2.24, 2.45) is 0 Å². The number of nitrogens with one attached hydrogen (secondary N) is 1. The normalized spacial score (nSPS) is 13.7. The lowest BCUT2D eigenvalue weighted by Crippen LogP contribution is -2.36. The minimum Gasteiger partial charge on any atom is -0.497 e. The molecule has 4 aromatic rings. The van der Waals surface area contributed by atoms with Crippen LogP contribution >= 0.6 is 0 Å². The zero-order chi connectivity index (χ0) is 24.5. The van der Waals surface area contributed by atoms with E-state index < -0.39 is 5.63 Å². The van der Waals surface area contributed by atoms with Crippen LogP contribution in [-0.2, 0) is 16.0 Å². The van der Waals surface area contributed by atoms with Crippen molar-refractivity contribution in [2.45, 2.75) is 26.2 Å². The van der Waals surface area contributed by atoms with E-state index in [0.717, 1.165) is 35.1 Å². The van der Waals surface area contributed by atoms with Gasteiger partial charge in [0.05, 0.1) is 13.5 Å². The number of hydrogen-bond acceptors (Lipinski definition) is 6. The third-order valence-electron chi connectivity index (χ3n) is 6.35. The molecule has 0 atom stereocenters. The Balaban J connectivity index is 1.47. The number of benzene rings is 2. The van der Waals surface area contributed by atoms with E-state index in [-0.39, 0.29) is 23.6 Å². The van der Waals surface area contributed by atoms with Gasteiger partial charge in [0.2, 0.25) is 11.8 Å². The van der Waals surface area contributed by atoms with Crippen LogP contribution in [0.3, 0.4) is 0 Å². The van der Waals surface area contributed by atoms with Gasteiger partial charge in [-0.3, -0.25) is 9.59 Å². The number of likely N-dealkylation sites (tertiary alicyclic amines) is 1. The molecule has 2 aromatic carbocycles. The Morgan fingerprint density at radius 2 is 1.89 bits per heavy atom. The summed E-state index contributed by atoms with van der Waals surface area (Å²) >= 11 is 0. The van der Waals surface area contributed by atoms with E-state index in [0.29, 0.717) is 42.2 Å². The first-order valence-electron chi connectivity index (χ1n) is 11.6. The molecule has 0 radical (unpaired) electrons. The summed E-state index contributed by atoms with van der Waals surface area (Å²) in [6.07, 6.45) is 1.36. The number of furan rings is 1. The Labute approximate surface area is 201 Å². The van der Waals surface area contributed by atoms with Crippen molar-refractivity contribution < 1.29 is 23.2 Å². The van der Waals surface area contributed by atoms with Gasteiger partial charge in [0, 0.05) is 43.2 Å². The monoisotopic (exact) mass is 474 g/mol. The van der Waals surface area contributed by atoms with Gasteiger partial charge in [-0.25, -0.2) is 4.79 Å². The van der Waals surface area contributed by atoms with Gasteiger partial charge in [-0.2, -0.15) is 0 Å². The second-order valence-electron chi connectivity index (χ2n) is 8.73. The Morgan fingerprint density at radius 3 is 2.66 bits per heavy atom. The second-order valence-corrected chi connectivity index (χ2v) is 8.73. The van der Waals surface area contributed by atoms with Crippen LogP contribution in [-0.4, -0.2) is 43.5 Å². The molecule has 1 aliphatic rings. The highest BCUT2D eigenvalue weighted by molar-refractivity contribution is 5.95. The van der Waals surface area contributed by atoms with E-state index in [1.807, 2.05) is 36.4 Å². The quantitative estimate of drug-likeness (QED) is 0.437. The molecule has 0 spiro atoms. The molecule has 2 aromatic heterocycles. The molecule has 180 valence electrons. The molecule has 1 aliphatic heterocycles. The van der Waals surface area contributed by atoms with Crippen LogP contribution in [0, 0.1) is 6.92 Å². The van der Waals surface area contributed by atoms with Crippen LogP contribution < -0.4 is 15.7 Å². The number of carbonyl (C=O) groups excluding carboxylic acids is 2. The van der Waals surface area contributed by atoms with Crippen molar-refractivity contribution >= 4 is 33.6 Å². The van der Waals surface area contributed by atoms with E-state index in [4.69, 9.17) is 13.6 Å². The van der Waals surface area contributed by atoms with Gasteiger partial charge in [-0.1, -0.05) is 18.2 Å². The largest absolute Gasteiger partial charge is 0.497 e. The zero-order valence-corrected chi connectivity index (χ0v) is 19.7. The average Bonchev–Trinajstić information content (AvgIpc) is 3.41. The molecule has 1 N–H and O–H groups in total. The van der Waals surface area contributed by atoms with Crippen LogP contribution in [0.15, 0.2) is 56.1 Å². The fourth-order valence-electron chi connectivity index (χ4n) is 4.61. The summed E-state index contributed by atoms with van der Waals surface area (Å²) in [5.74, 6) is 1.51. The van der Waals surface area contributed by atoms with E-state index in [2.05, 4.69) is 5.32 Å². The maximum Gasteiger partial charge on any atom is 0.347 e. The third kappa shape index (κ3) is 4.51. The Morgan fingerprint density at radius 1 is 1.09 bits per heavy atom. The fraction of sp³-hybridized carbons (Fsp3) is 0.296. The SMILES string of the molecule is COc1ccc2cc(-c3oc4cc(C)oc(=O)c4c3CC(=O)NCCN3CCCC3=O)ccc2c1. The number of amides is 2. The molecule has 0 unspecified atom stereocenters. The van der Waals surface area contributed by atoms with E-state index in [9.17, 15) is 14.4 Å². The van der Waals surface area contributed by atoms with Gasteiger partial charge < -0.3 is 23.8 Å². The summed E-state index contributed by atoms with van der Waals surface area (Å²) in [7, 11) is 1.62. The lowest BCUT2D eigenvalue weighted by atomic mass is 10.0. The third-order valence-corrected chi connectivity index (χ3v) is 6.35. The molecule has 1 saturated heterocycles. The minimum absolute atomic E-state index is 0.0508. The van der Waals surface area contributed by atoms with Gasteiger partial charge in [0.1, 0.15) is 28.2 Å². The number of hydrogen-bond donors (Lipinski definition) is 1. The Kier molecular flexibility index (Phi) is 6.03. The summed E-state index contributed by atoms with van der Waals surface area (Å²) in [6, 6.07) is 13.2. The molecular formula is C27H26N2O6. The summed E-state index contributed by atoms with van der Waals surface area (Å²) < 4.78 is 16.7. The maximum atomic E-state index is 12.9. The molecule has 2 amide bonds. The van der Waals surface area contributed by atoms with Gasteiger partial charge in [-0.05, 0) is 42.3 Å². The molecule has 0 saturated carbocycles. The van der Waals surface area contributed by atoms with Crippen molar-refractivity contribution in [1.82, 2.24) is 10.2 Å². The molecular weight excluding hydrogens is 448 g/mol. The number of fused-ring (bicyclic) bond motifs is 2. The minimum atomic E-state index is -0.536. The number of rotatable bonds is 7. The van der Waals surface area contributed by atoms with Crippen LogP contribution in [0.2, 0.25) is 0 Å². The van der Waals surface area contributed by atoms with E-state index in [1.165, 1.54) is 0 Å². The highest BCUT2D eigenvalue weighted by Gasteiger charge is 2.23. The van der Waals surface area contributed by atoms with Crippen LogP contribution in [0.5, 0.6) is 5.75 Å². The molecule has 8 heteroatoms. The van der Waals surface area contributed by atoms with Gasteiger partial charge in [0.15, 0.2) is 0 Å². The number of carbonyl (C=O) groups is 2. The first-order chi connectivity index (χ1) is 16.9. The molecule has 0 aliphatic carbocycles. The predicted octanol–water partition coefficient (Wildman–Crippen LogP) is 3.80. The maximum absolute atomic E-state index is 12.9. The lowest BCUT2D eigenvalue weighted by molar-refractivity contribution is -0.128. The van der Waals surface area contributed by atoms with Gasteiger partial charge in [0.25, 0.3) is 0 Å². The molecule has 8 nitrogen and oxygen atoms in total. The van der Waals surface area contributed by atoms with E-state index >= 15 is 0 Å². The predicted molar refractivity (Wildman–Crippen MR) is 132 cm³/mol. The molecule has 1 fully saturated rings. The van der Waals surface area contributed by atoms with Crippen molar-refractivity contribution in [1.29, 1.82) is 0 Å². The highest BCUT2D eigenvalue weighted by Crippen LogP contribution is 2.35. The molecule has 35 heavy (non-hydrogen) atoms. The van der Waals surface area contributed by atoms with Crippen molar-refractivity contribution in [3.63, 3.8) is 0 Å². The summed E-state index contributed by atoms with van der Waals surface area (Å²) in [5.41, 5.74) is 1.08. The molecule has 5 rings (SSSR count). The number of aryl methyl sites for hydroxylation is 1. The molecule has 3 heterocycles. The molecule has 0 bridgehead atoms. The van der Waals surface area contributed by atoms with Crippen molar-refractivity contribution in [2.75, 3.05) is 26.7 Å². The summed E-state index contributed by atoms with van der Waals surface area (Å²) in [4.78, 5) is 39.1. The first kappa shape index (κ1) is 22.7. The lowest BCUT2D eigenvalue weighted by Gasteiger charge is -2.15. The zero-order valence-electron chi connectivity index (χ0n) is 19.7. The van der Waals surface area contributed by atoms with E-state index in [1.54, 1.807) is 25.0 Å². The first-order valence-corrected chi connectivity index (χ1v) is 11.6. The van der Waals surface area contributed by atoms with Gasteiger partial charge in [-0.15, -0.1) is 0 Å². The van der Waals surface area contributed by atoms with Crippen LogP contribution in [0.4, 0.5) is 0 Å². The smallest absolute Gasteiger partial charge is 0.347 e.